The molecule has 0 radical (unpaired) electrons. The van der Waals surface area contributed by atoms with E-state index >= 15 is 0 Å². The topological polar surface area (TPSA) is 66.7 Å². The monoisotopic (exact) mass is 311 g/mol. The second-order valence-corrected chi connectivity index (χ2v) is 5.56. The van der Waals surface area contributed by atoms with Gasteiger partial charge in [-0.3, -0.25) is 19.8 Å². The predicted molar refractivity (Wildman–Crippen MR) is 80.7 cm³/mol. The smallest absolute Gasteiger partial charge is 0.287 e. The highest BCUT2D eigenvalue weighted by molar-refractivity contribution is 6.33. The zero-order valence-corrected chi connectivity index (χ0v) is 12.8. The van der Waals surface area contributed by atoms with Crippen molar-refractivity contribution in [3.8, 4) is 0 Å². The molecule has 6 nitrogen and oxygen atoms in total. The van der Waals surface area contributed by atoms with Gasteiger partial charge in [0.15, 0.2) is 0 Å². The molecule has 21 heavy (non-hydrogen) atoms. The molecule has 0 bridgehead atoms. The zero-order chi connectivity index (χ0) is 15.6. The Morgan fingerprint density at radius 2 is 2.19 bits per heavy atom. The first-order chi connectivity index (χ1) is 9.93. The number of carbonyl (C=O) groups is 1. The molecule has 1 saturated heterocycles. The van der Waals surface area contributed by atoms with E-state index in [9.17, 15) is 14.9 Å². The minimum absolute atomic E-state index is 0.00825. The van der Waals surface area contributed by atoms with Crippen LogP contribution in [0.15, 0.2) is 18.2 Å². The number of benzene rings is 1. The minimum atomic E-state index is -0.557. The molecule has 1 amide bonds. The van der Waals surface area contributed by atoms with Crippen LogP contribution >= 0.6 is 11.6 Å². The number of rotatable bonds is 3. The Labute approximate surface area is 128 Å². The maximum atomic E-state index is 12.5. The number of nitro benzene ring substituents is 1. The van der Waals surface area contributed by atoms with Gasteiger partial charge < -0.3 is 4.90 Å². The Kier molecular flexibility index (Phi) is 4.80. The van der Waals surface area contributed by atoms with E-state index in [4.69, 9.17) is 11.6 Å². The molecule has 1 unspecified atom stereocenters. The number of nitrogens with zero attached hydrogens (tertiary/aromatic N) is 3. The fourth-order valence-electron chi connectivity index (χ4n) is 2.62. The van der Waals surface area contributed by atoms with Crippen LogP contribution in [0.4, 0.5) is 5.69 Å². The van der Waals surface area contributed by atoms with E-state index in [1.54, 1.807) is 4.90 Å². The first kappa shape index (κ1) is 15.7. The highest BCUT2D eigenvalue weighted by atomic mass is 35.5. The molecule has 0 aromatic heterocycles. The molecule has 114 valence electrons. The summed E-state index contributed by atoms with van der Waals surface area (Å²) in [4.78, 5) is 26.7. The summed E-state index contributed by atoms with van der Waals surface area (Å²) in [5, 5.41) is 10.7. The molecule has 1 atom stereocenters. The average Bonchev–Trinajstić information content (AvgIpc) is 2.45. The van der Waals surface area contributed by atoms with Crippen LogP contribution in [0.2, 0.25) is 5.02 Å². The van der Waals surface area contributed by atoms with Crippen LogP contribution < -0.4 is 0 Å². The second kappa shape index (κ2) is 6.41. The maximum Gasteiger partial charge on any atom is 0.287 e. The molecule has 0 aliphatic carbocycles. The molecule has 0 spiro atoms. The molecule has 1 heterocycles. The van der Waals surface area contributed by atoms with Crippen LogP contribution in [0.1, 0.15) is 24.2 Å². The predicted octanol–water partition coefficient (Wildman–Crippen LogP) is 2.41. The van der Waals surface area contributed by atoms with Gasteiger partial charge in [-0.15, -0.1) is 0 Å². The lowest BCUT2D eigenvalue weighted by molar-refractivity contribution is -0.384. The number of likely N-dealkylation sites (N-methyl/N-ethyl adjacent to an activating group) is 1. The Bertz CT molecular complexity index is 564. The van der Waals surface area contributed by atoms with Gasteiger partial charge in [0.05, 0.1) is 4.92 Å². The number of hydrogen-bond donors (Lipinski definition) is 0. The Morgan fingerprint density at radius 3 is 2.71 bits per heavy atom. The van der Waals surface area contributed by atoms with E-state index in [0.717, 1.165) is 13.1 Å². The van der Waals surface area contributed by atoms with Crippen LogP contribution in [0, 0.1) is 10.1 Å². The minimum Gasteiger partial charge on any atom is -0.336 e. The number of nitro groups is 1. The summed E-state index contributed by atoms with van der Waals surface area (Å²) in [6.45, 7) is 7.30. The first-order valence-electron chi connectivity index (χ1n) is 6.91. The molecule has 0 N–H and O–H groups in total. The molecule has 2 rings (SSSR count). The van der Waals surface area contributed by atoms with Crippen molar-refractivity contribution in [1.82, 2.24) is 9.80 Å². The SMILES string of the molecule is CCN1CCN(C(=O)c2ccc([N+](=O)[O-])c(Cl)c2)CC1C. The van der Waals surface area contributed by atoms with Crippen LogP contribution in [0.3, 0.4) is 0 Å². The highest BCUT2D eigenvalue weighted by Gasteiger charge is 2.27. The van der Waals surface area contributed by atoms with E-state index < -0.39 is 4.92 Å². The summed E-state index contributed by atoms with van der Waals surface area (Å²) >= 11 is 5.86. The van der Waals surface area contributed by atoms with E-state index in [-0.39, 0.29) is 16.6 Å². The van der Waals surface area contributed by atoms with Crippen LogP contribution in [0.25, 0.3) is 0 Å². The summed E-state index contributed by atoms with van der Waals surface area (Å²) in [5.74, 6) is -0.130. The van der Waals surface area contributed by atoms with E-state index in [0.29, 0.717) is 24.7 Å². The zero-order valence-electron chi connectivity index (χ0n) is 12.1. The maximum absolute atomic E-state index is 12.5. The Morgan fingerprint density at radius 1 is 1.48 bits per heavy atom. The lowest BCUT2D eigenvalue weighted by atomic mass is 10.1. The summed E-state index contributed by atoms with van der Waals surface area (Å²) < 4.78 is 0. The Balaban J connectivity index is 2.14. The van der Waals surface area contributed by atoms with Gasteiger partial charge in [-0.1, -0.05) is 18.5 Å². The van der Waals surface area contributed by atoms with Gasteiger partial charge in [0.1, 0.15) is 5.02 Å². The molecule has 1 aliphatic rings. The summed E-state index contributed by atoms with van der Waals surface area (Å²) in [6, 6.07) is 4.42. The quantitative estimate of drug-likeness (QED) is 0.635. The largest absolute Gasteiger partial charge is 0.336 e. The van der Waals surface area contributed by atoms with Crippen molar-refractivity contribution in [3.05, 3.63) is 38.9 Å². The van der Waals surface area contributed by atoms with Gasteiger partial charge >= 0.3 is 0 Å². The van der Waals surface area contributed by atoms with Crippen molar-refractivity contribution in [2.24, 2.45) is 0 Å². The fourth-order valence-corrected chi connectivity index (χ4v) is 2.87. The lowest BCUT2D eigenvalue weighted by Gasteiger charge is -2.39. The van der Waals surface area contributed by atoms with E-state index in [1.807, 2.05) is 0 Å². The number of hydrogen-bond acceptors (Lipinski definition) is 4. The third kappa shape index (κ3) is 3.33. The van der Waals surface area contributed by atoms with Gasteiger partial charge in [0.2, 0.25) is 0 Å². The van der Waals surface area contributed by atoms with Gasteiger partial charge in [-0.05, 0) is 25.6 Å². The Hall–Kier alpha value is -1.66. The van der Waals surface area contributed by atoms with Crippen LogP contribution in [-0.2, 0) is 0 Å². The molecular formula is C14H18ClN3O3. The van der Waals surface area contributed by atoms with Gasteiger partial charge in [-0.2, -0.15) is 0 Å². The molecule has 7 heteroatoms. The number of halogens is 1. The number of carbonyl (C=O) groups excluding carboxylic acids is 1. The molecule has 1 aromatic rings. The molecule has 0 saturated carbocycles. The second-order valence-electron chi connectivity index (χ2n) is 5.15. The first-order valence-corrected chi connectivity index (χ1v) is 7.29. The van der Waals surface area contributed by atoms with Gasteiger partial charge in [-0.25, -0.2) is 0 Å². The van der Waals surface area contributed by atoms with E-state index in [2.05, 4.69) is 18.7 Å². The summed E-state index contributed by atoms with van der Waals surface area (Å²) in [5.41, 5.74) is 0.208. The molecule has 1 aromatic carbocycles. The fraction of sp³-hybridized carbons (Fsp3) is 0.500. The van der Waals surface area contributed by atoms with E-state index in [1.165, 1.54) is 18.2 Å². The highest BCUT2D eigenvalue weighted by Crippen LogP contribution is 2.26. The number of amides is 1. The third-order valence-corrected chi connectivity index (χ3v) is 4.15. The molecule has 1 aliphatic heterocycles. The van der Waals surface area contributed by atoms with Crippen molar-refractivity contribution in [2.45, 2.75) is 19.9 Å². The summed E-state index contributed by atoms with van der Waals surface area (Å²) in [7, 11) is 0. The van der Waals surface area contributed by atoms with Gasteiger partial charge in [0, 0.05) is 37.3 Å². The third-order valence-electron chi connectivity index (χ3n) is 3.85. The molecular weight excluding hydrogens is 294 g/mol. The van der Waals surface area contributed by atoms with Crippen molar-refractivity contribution in [1.29, 1.82) is 0 Å². The molecule has 1 fully saturated rings. The summed E-state index contributed by atoms with van der Waals surface area (Å²) in [6.07, 6.45) is 0. The van der Waals surface area contributed by atoms with Gasteiger partial charge in [0.25, 0.3) is 11.6 Å². The lowest BCUT2D eigenvalue weighted by Crippen LogP contribution is -2.53. The van der Waals surface area contributed by atoms with Crippen LogP contribution in [0.5, 0.6) is 0 Å². The van der Waals surface area contributed by atoms with Crippen molar-refractivity contribution < 1.29 is 9.72 Å². The van der Waals surface area contributed by atoms with Crippen molar-refractivity contribution in [2.75, 3.05) is 26.2 Å². The van der Waals surface area contributed by atoms with Crippen LogP contribution in [-0.4, -0.2) is 52.9 Å². The van der Waals surface area contributed by atoms with Crippen molar-refractivity contribution >= 4 is 23.2 Å². The average molecular weight is 312 g/mol. The number of piperazine rings is 1. The van der Waals surface area contributed by atoms with Crippen molar-refractivity contribution in [3.63, 3.8) is 0 Å². The normalized spacial score (nSPS) is 19.6. The standard InChI is InChI=1S/C14H18ClN3O3/c1-3-16-6-7-17(9-10(16)2)14(19)11-4-5-13(18(20)21)12(15)8-11/h4-5,8,10H,3,6-7,9H2,1-2H3.